The van der Waals surface area contributed by atoms with Crippen molar-refractivity contribution in [2.75, 3.05) is 7.05 Å². The van der Waals surface area contributed by atoms with Crippen LogP contribution in [-0.4, -0.2) is 7.05 Å². The minimum atomic E-state index is 0.896. The third-order valence-corrected chi connectivity index (χ3v) is 11.2. The molecule has 3 aromatic heterocycles. The Morgan fingerprint density at radius 3 is 2.29 bits per heavy atom. The van der Waals surface area contributed by atoms with E-state index in [1.54, 1.807) is 11.3 Å². The third-order valence-electron chi connectivity index (χ3n) is 7.52. The summed E-state index contributed by atoms with van der Waals surface area (Å²) in [4.78, 5) is 5.03. The van der Waals surface area contributed by atoms with E-state index in [0.29, 0.717) is 0 Å². The number of allylic oxidation sites excluding steroid dienone is 8. The Bertz CT molecular complexity index is 2010. The number of fused-ring (bicyclic) bond motifs is 1. The normalized spacial score (nSPS) is 15.3. The van der Waals surface area contributed by atoms with Crippen LogP contribution in [0.2, 0.25) is 0 Å². The largest absolute Gasteiger partial charge is 0.393 e. The number of nitrogens with one attached hydrogen (secondary N) is 1. The minimum Gasteiger partial charge on any atom is -0.393 e. The Morgan fingerprint density at radius 1 is 0.956 bits per heavy atom. The molecule has 0 radical (unpaired) electrons. The molecule has 45 heavy (non-hydrogen) atoms. The van der Waals surface area contributed by atoms with Gasteiger partial charge in [0, 0.05) is 63.7 Å². The van der Waals surface area contributed by atoms with Crippen LogP contribution in [0.15, 0.2) is 61.3 Å². The molecule has 3 heterocycles. The molecular formula is C41H45NS3. The summed E-state index contributed by atoms with van der Waals surface area (Å²) in [7, 11) is 1.98. The second-order valence-electron chi connectivity index (χ2n) is 10.8. The summed E-state index contributed by atoms with van der Waals surface area (Å²) in [5.41, 5.74) is 8.81. The van der Waals surface area contributed by atoms with Gasteiger partial charge in [0.1, 0.15) is 0 Å². The summed E-state index contributed by atoms with van der Waals surface area (Å²) < 4.78 is 2.36. The van der Waals surface area contributed by atoms with Gasteiger partial charge in [0.2, 0.25) is 0 Å². The van der Waals surface area contributed by atoms with Crippen LogP contribution in [0, 0.1) is 0 Å². The van der Waals surface area contributed by atoms with Crippen molar-refractivity contribution in [1.82, 2.24) is 5.32 Å². The van der Waals surface area contributed by atoms with E-state index in [9.17, 15) is 0 Å². The maximum absolute atomic E-state index is 4.59. The molecule has 0 spiro atoms. The Labute approximate surface area is 281 Å². The number of hydrogen-bond acceptors (Lipinski definition) is 4. The molecule has 3 aromatic rings. The number of rotatable bonds is 11. The molecule has 0 unspecified atom stereocenters. The van der Waals surface area contributed by atoms with Crippen LogP contribution in [0.5, 0.6) is 0 Å². The Balaban J connectivity index is 2.26. The van der Waals surface area contributed by atoms with Gasteiger partial charge in [-0.25, -0.2) is 0 Å². The topological polar surface area (TPSA) is 12.0 Å². The maximum Gasteiger partial charge on any atom is 0.0449 e. The van der Waals surface area contributed by atoms with Crippen molar-refractivity contribution in [1.29, 1.82) is 0 Å². The first-order valence-corrected chi connectivity index (χ1v) is 18.1. The average Bonchev–Trinajstić information content (AvgIpc) is 3.61. The fourth-order valence-electron chi connectivity index (χ4n) is 5.52. The molecule has 4 rings (SSSR count). The molecule has 0 fully saturated rings. The average molecular weight is 648 g/mol. The molecule has 0 aliphatic heterocycles. The predicted molar refractivity (Wildman–Crippen MR) is 211 cm³/mol. The van der Waals surface area contributed by atoms with Gasteiger partial charge in [-0.2, -0.15) is 0 Å². The van der Waals surface area contributed by atoms with Gasteiger partial charge < -0.3 is 5.32 Å². The van der Waals surface area contributed by atoms with Crippen molar-refractivity contribution in [3.05, 3.63) is 123 Å². The van der Waals surface area contributed by atoms with Gasteiger partial charge in [0.05, 0.1) is 0 Å². The first-order chi connectivity index (χ1) is 21.9. The van der Waals surface area contributed by atoms with Crippen molar-refractivity contribution in [2.45, 2.75) is 53.9 Å². The van der Waals surface area contributed by atoms with Gasteiger partial charge in [-0.15, -0.1) is 34.0 Å². The lowest BCUT2D eigenvalue weighted by molar-refractivity contribution is 1.17. The van der Waals surface area contributed by atoms with Crippen LogP contribution in [0.25, 0.3) is 60.4 Å². The molecule has 1 aliphatic rings. The fraction of sp³-hybridized carbons (Fsp3) is 0.220. The van der Waals surface area contributed by atoms with E-state index < -0.39 is 0 Å². The molecule has 0 saturated heterocycles. The van der Waals surface area contributed by atoms with Crippen molar-refractivity contribution >= 4 is 94.4 Å². The molecule has 0 atom stereocenters. The predicted octanol–water partition coefficient (Wildman–Crippen LogP) is 9.74. The quantitative estimate of drug-likeness (QED) is 0.219. The van der Waals surface area contributed by atoms with Crippen LogP contribution < -0.4 is 24.8 Å². The van der Waals surface area contributed by atoms with E-state index >= 15 is 0 Å². The Hall–Kier alpha value is -3.70. The van der Waals surface area contributed by atoms with Crippen molar-refractivity contribution in [2.24, 2.45) is 0 Å². The van der Waals surface area contributed by atoms with Crippen LogP contribution in [0.1, 0.15) is 95.6 Å². The minimum absolute atomic E-state index is 0.896. The van der Waals surface area contributed by atoms with E-state index in [1.807, 2.05) is 41.9 Å². The molecule has 1 nitrogen and oxygen atoms in total. The highest BCUT2D eigenvalue weighted by atomic mass is 32.1. The van der Waals surface area contributed by atoms with E-state index in [2.05, 4.69) is 133 Å². The van der Waals surface area contributed by atoms with Gasteiger partial charge >= 0.3 is 0 Å². The lowest BCUT2D eigenvalue weighted by Gasteiger charge is -2.11. The molecule has 0 aromatic carbocycles. The third kappa shape index (κ3) is 7.09. The summed E-state index contributed by atoms with van der Waals surface area (Å²) in [6.07, 6.45) is 33.6. The second-order valence-corrected chi connectivity index (χ2v) is 13.9. The standard InChI is InChI=1S/C41H45NS3/c1-10-16-21-30-33-25-27(7)23-24-31(40(33)44-36(30)19-13-4)38-34(26-42-9)37(20-14-5)45-41(38)32(22-17-11-2)39-28(8)29(15-6)35(43-39)18-12-3/h12-22,24-26,42H,5-6,8,10-11,23H2,1-4,7,9H3/b18-12-,19-13-,21-16-,22-17-,34-26+,37-20+,39-32-. The van der Waals surface area contributed by atoms with Crippen LogP contribution in [0.3, 0.4) is 0 Å². The second kappa shape index (κ2) is 16.0. The summed E-state index contributed by atoms with van der Waals surface area (Å²) in [5, 5.41) is 5.58. The van der Waals surface area contributed by atoms with Crippen molar-refractivity contribution < 1.29 is 0 Å². The number of hydrogen-bond donors (Lipinski definition) is 1. The highest BCUT2D eigenvalue weighted by molar-refractivity contribution is 7.15. The Kier molecular flexibility index (Phi) is 12.2. The lowest BCUT2D eigenvalue weighted by Crippen LogP contribution is -2.25. The van der Waals surface area contributed by atoms with Gasteiger partial charge in [0.15, 0.2) is 0 Å². The molecule has 232 valence electrons. The summed E-state index contributed by atoms with van der Waals surface area (Å²) in [6.45, 7) is 23.6. The highest BCUT2D eigenvalue weighted by Gasteiger charge is 2.25. The fourth-order valence-corrected chi connectivity index (χ4v) is 9.38. The van der Waals surface area contributed by atoms with E-state index in [-0.39, 0.29) is 0 Å². The van der Waals surface area contributed by atoms with Gasteiger partial charge in [-0.05, 0) is 80.2 Å². The zero-order chi connectivity index (χ0) is 32.5. The molecular weight excluding hydrogens is 603 g/mol. The SMILES string of the molecule is C=C/C=c1/sc(C(/C=C\CC)=c2\sc(/C=C\C)c(C=C)c2=C)c(C2=CCC(C)=Cc3c2sc(/C=C\C)c3/C=C\CC)/c1=C/NC. The first kappa shape index (κ1) is 34.2. The highest BCUT2D eigenvalue weighted by Crippen LogP contribution is 2.43. The van der Waals surface area contributed by atoms with Gasteiger partial charge in [-0.3, -0.25) is 0 Å². The van der Waals surface area contributed by atoms with Crippen LogP contribution in [-0.2, 0) is 0 Å². The monoisotopic (exact) mass is 647 g/mol. The first-order valence-electron chi connectivity index (χ1n) is 15.6. The van der Waals surface area contributed by atoms with Crippen molar-refractivity contribution in [3.8, 4) is 0 Å². The van der Waals surface area contributed by atoms with Gasteiger partial charge in [0.25, 0.3) is 0 Å². The lowest BCUT2D eigenvalue weighted by atomic mass is 9.95. The molecule has 0 amide bonds. The molecule has 1 N–H and O–H groups in total. The van der Waals surface area contributed by atoms with E-state index in [4.69, 9.17) is 0 Å². The zero-order valence-electron chi connectivity index (χ0n) is 27.6. The summed E-state index contributed by atoms with van der Waals surface area (Å²) in [5.74, 6) is 0. The molecule has 0 bridgehead atoms. The Morgan fingerprint density at radius 2 is 1.67 bits per heavy atom. The molecule has 4 heteroatoms. The molecule has 0 saturated carbocycles. The van der Waals surface area contributed by atoms with E-state index in [0.717, 1.165) is 30.0 Å². The zero-order valence-corrected chi connectivity index (χ0v) is 30.0. The van der Waals surface area contributed by atoms with E-state index in [1.165, 1.54) is 67.2 Å². The maximum atomic E-state index is 4.59. The van der Waals surface area contributed by atoms with Crippen LogP contribution >= 0.6 is 34.0 Å². The smallest absolute Gasteiger partial charge is 0.0449 e. The van der Waals surface area contributed by atoms with Crippen LogP contribution in [0.4, 0.5) is 0 Å². The summed E-state index contributed by atoms with van der Waals surface area (Å²) >= 11 is 5.51. The molecule has 1 aliphatic carbocycles. The van der Waals surface area contributed by atoms with Crippen molar-refractivity contribution in [3.63, 3.8) is 0 Å². The summed E-state index contributed by atoms with van der Waals surface area (Å²) in [6, 6.07) is 0. The number of thiophene rings is 3. The van der Waals surface area contributed by atoms with Gasteiger partial charge in [-0.1, -0.05) is 99.9 Å².